The molecule has 2 N–H and O–H groups in total. The molecule has 0 saturated heterocycles. The Morgan fingerprint density at radius 1 is 1.35 bits per heavy atom. The predicted octanol–water partition coefficient (Wildman–Crippen LogP) is 2.00. The van der Waals surface area contributed by atoms with Crippen molar-refractivity contribution < 1.29 is 24.5 Å². The third-order valence-electron chi connectivity index (χ3n) is 3.10. The molecular weight excluding hydrogens is 262 g/mol. The summed E-state index contributed by atoms with van der Waals surface area (Å²) in [5.74, 6) is -1.31. The van der Waals surface area contributed by atoms with Crippen LogP contribution in [-0.2, 0) is 9.53 Å². The van der Waals surface area contributed by atoms with E-state index in [1.807, 2.05) is 6.92 Å². The lowest BCUT2D eigenvalue weighted by molar-refractivity contribution is -0.150. The van der Waals surface area contributed by atoms with Crippen molar-refractivity contribution in [3.05, 3.63) is 0 Å². The van der Waals surface area contributed by atoms with Gasteiger partial charge in [-0.1, -0.05) is 13.3 Å². The highest BCUT2D eigenvalue weighted by Gasteiger charge is 2.43. The molecule has 1 amide bonds. The number of carboxylic acid groups (broad SMARTS) is 1. The number of aliphatic carboxylic acids is 1. The molecule has 1 aliphatic rings. The zero-order chi connectivity index (χ0) is 15.5. The van der Waals surface area contributed by atoms with Gasteiger partial charge in [-0.05, 0) is 40.0 Å². The summed E-state index contributed by atoms with van der Waals surface area (Å²) in [6, 6.07) is -0.754. The van der Waals surface area contributed by atoms with Crippen LogP contribution in [0.25, 0.3) is 0 Å². The monoisotopic (exact) mass is 287 g/mol. The fraction of sp³-hybridized carbons (Fsp3) is 0.857. The zero-order valence-electron chi connectivity index (χ0n) is 12.6. The maximum Gasteiger partial charge on any atom is 0.410 e. The molecule has 1 aliphatic carbocycles. The molecule has 2 atom stereocenters. The lowest BCUT2D eigenvalue weighted by atomic mass is 10.0. The zero-order valence-corrected chi connectivity index (χ0v) is 12.6. The van der Waals surface area contributed by atoms with E-state index < -0.39 is 29.8 Å². The lowest BCUT2D eigenvalue weighted by Crippen LogP contribution is -2.52. The van der Waals surface area contributed by atoms with Gasteiger partial charge in [0.05, 0.1) is 6.04 Å². The van der Waals surface area contributed by atoms with Crippen molar-refractivity contribution in [1.29, 1.82) is 0 Å². The van der Waals surface area contributed by atoms with Crippen molar-refractivity contribution in [1.82, 2.24) is 4.90 Å². The molecule has 20 heavy (non-hydrogen) atoms. The van der Waals surface area contributed by atoms with Crippen molar-refractivity contribution in [2.24, 2.45) is 0 Å². The Bertz CT molecular complexity index is 359. The van der Waals surface area contributed by atoms with Crippen LogP contribution in [0.3, 0.4) is 0 Å². The summed E-state index contributed by atoms with van der Waals surface area (Å²) in [5, 5.41) is 18.9. The Kier molecular flexibility index (Phi) is 5.39. The third kappa shape index (κ3) is 4.67. The van der Waals surface area contributed by atoms with Gasteiger partial charge in [0.25, 0.3) is 0 Å². The highest BCUT2D eigenvalue weighted by Crippen LogP contribution is 2.32. The van der Waals surface area contributed by atoms with Crippen LogP contribution in [0.2, 0.25) is 0 Å². The van der Waals surface area contributed by atoms with Gasteiger partial charge in [-0.2, -0.15) is 0 Å². The molecule has 0 radical (unpaired) electrons. The molecule has 1 saturated carbocycles. The number of hydrogen-bond acceptors (Lipinski definition) is 4. The topological polar surface area (TPSA) is 87.1 Å². The number of carbonyl (C=O) groups excluding carboxylic acids is 1. The number of aliphatic hydroxyl groups excluding tert-OH is 1. The Balaban J connectivity index is 2.90. The quantitative estimate of drug-likeness (QED) is 0.780. The molecule has 0 bridgehead atoms. The minimum Gasteiger partial charge on any atom is -0.479 e. The van der Waals surface area contributed by atoms with Gasteiger partial charge >= 0.3 is 12.1 Å². The van der Waals surface area contributed by atoms with Gasteiger partial charge < -0.3 is 14.9 Å². The first kappa shape index (κ1) is 16.8. The first-order chi connectivity index (χ1) is 9.17. The van der Waals surface area contributed by atoms with Crippen molar-refractivity contribution >= 4 is 12.1 Å². The van der Waals surface area contributed by atoms with Gasteiger partial charge in [-0.25, -0.2) is 9.59 Å². The van der Waals surface area contributed by atoms with E-state index in [0.29, 0.717) is 12.8 Å². The molecule has 0 spiro atoms. The second-order valence-corrected chi connectivity index (χ2v) is 6.26. The highest BCUT2D eigenvalue weighted by molar-refractivity contribution is 5.75. The van der Waals surface area contributed by atoms with Crippen molar-refractivity contribution in [2.75, 3.05) is 0 Å². The van der Waals surface area contributed by atoms with Crippen LogP contribution in [0.4, 0.5) is 4.79 Å². The fourth-order valence-electron chi connectivity index (χ4n) is 2.13. The summed E-state index contributed by atoms with van der Waals surface area (Å²) in [6.07, 6.45) is 0.642. The number of ether oxygens (including phenoxy) is 1. The van der Waals surface area contributed by atoms with Gasteiger partial charge in [0.1, 0.15) is 5.60 Å². The van der Waals surface area contributed by atoms with E-state index in [1.54, 1.807) is 20.8 Å². The average molecular weight is 287 g/mol. The summed E-state index contributed by atoms with van der Waals surface area (Å²) < 4.78 is 5.34. The third-order valence-corrected chi connectivity index (χ3v) is 3.10. The summed E-state index contributed by atoms with van der Waals surface area (Å²) in [6.45, 7) is 7.18. The molecule has 6 heteroatoms. The van der Waals surface area contributed by atoms with Crippen molar-refractivity contribution in [3.63, 3.8) is 0 Å². The second-order valence-electron chi connectivity index (χ2n) is 6.26. The molecule has 0 heterocycles. The number of rotatable bonds is 6. The van der Waals surface area contributed by atoms with Crippen LogP contribution >= 0.6 is 0 Å². The van der Waals surface area contributed by atoms with Crippen LogP contribution in [0.1, 0.15) is 53.4 Å². The van der Waals surface area contributed by atoms with E-state index in [4.69, 9.17) is 9.84 Å². The maximum absolute atomic E-state index is 12.3. The van der Waals surface area contributed by atoms with Crippen LogP contribution < -0.4 is 0 Å². The van der Waals surface area contributed by atoms with Crippen LogP contribution in [-0.4, -0.2) is 51.0 Å². The van der Waals surface area contributed by atoms with Crippen molar-refractivity contribution in [2.45, 2.75) is 77.2 Å². The van der Waals surface area contributed by atoms with E-state index in [0.717, 1.165) is 12.8 Å². The second kappa shape index (κ2) is 6.43. The largest absolute Gasteiger partial charge is 0.479 e. The molecule has 0 aliphatic heterocycles. The Labute approximate surface area is 119 Å². The molecule has 6 nitrogen and oxygen atoms in total. The normalized spacial score (nSPS) is 18.2. The lowest BCUT2D eigenvalue weighted by Gasteiger charge is -2.35. The number of carboxylic acids is 1. The minimum atomic E-state index is -1.58. The van der Waals surface area contributed by atoms with Gasteiger partial charge in [-0.15, -0.1) is 0 Å². The first-order valence-corrected chi connectivity index (χ1v) is 7.09. The van der Waals surface area contributed by atoms with E-state index >= 15 is 0 Å². The van der Waals surface area contributed by atoms with E-state index in [9.17, 15) is 14.7 Å². The molecule has 1 rings (SSSR count). The summed E-state index contributed by atoms with van der Waals surface area (Å²) in [5.41, 5.74) is -0.644. The summed E-state index contributed by atoms with van der Waals surface area (Å²) in [4.78, 5) is 24.7. The van der Waals surface area contributed by atoms with Gasteiger partial charge in [-0.3, -0.25) is 4.90 Å². The molecule has 0 aromatic carbocycles. The Morgan fingerprint density at radius 2 is 1.90 bits per heavy atom. The average Bonchev–Trinajstić information content (AvgIpc) is 3.09. The highest BCUT2D eigenvalue weighted by atomic mass is 16.6. The number of hydrogen-bond donors (Lipinski definition) is 2. The molecular formula is C14H25NO5. The van der Waals surface area contributed by atoms with Gasteiger partial charge in [0.15, 0.2) is 6.10 Å². The standard InChI is InChI=1S/C14H25NO5/c1-5-6-10(11(16)12(17)18)15(9-7-8-9)13(19)20-14(2,3)4/h9-11,16H,5-8H2,1-4H3,(H,17,18)/t10-,11-/m0/s1. The predicted molar refractivity (Wildman–Crippen MR) is 73.4 cm³/mol. The van der Waals surface area contributed by atoms with E-state index in [-0.39, 0.29) is 6.04 Å². The Morgan fingerprint density at radius 3 is 2.25 bits per heavy atom. The van der Waals surface area contributed by atoms with Gasteiger partial charge in [0, 0.05) is 6.04 Å². The molecule has 116 valence electrons. The van der Waals surface area contributed by atoms with Crippen molar-refractivity contribution in [3.8, 4) is 0 Å². The minimum absolute atomic E-state index is 0.0181. The summed E-state index contributed by atoms with van der Waals surface area (Å²) in [7, 11) is 0. The smallest absolute Gasteiger partial charge is 0.410 e. The SMILES string of the molecule is CCC[C@@H]([C@H](O)C(=O)O)N(C(=O)OC(C)(C)C)C1CC1. The van der Waals surface area contributed by atoms with Crippen LogP contribution in [0, 0.1) is 0 Å². The Hall–Kier alpha value is -1.30. The molecule has 0 aromatic heterocycles. The number of nitrogens with zero attached hydrogens (tertiary/aromatic N) is 1. The molecule has 0 aromatic rings. The van der Waals surface area contributed by atoms with Crippen LogP contribution in [0.5, 0.6) is 0 Å². The summed E-state index contributed by atoms with van der Waals surface area (Å²) >= 11 is 0. The van der Waals surface area contributed by atoms with Crippen LogP contribution in [0.15, 0.2) is 0 Å². The fourth-order valence-corrected chi connectivity index (χ4v) is 2.13. The first-order valence-electron chi connectivity index (χ1n) is 7.09. The number of carbonyl (C=O) groups is 2. The van der Waals surface area contributed by atoms with E-state index in [2.05, 4.69) is 0 Å². The maximum atomic E-state index is 12.3. The number of amides is 1. The van der Waals surface area contributed by atoms with Gasteiger partial charge in [0.2, 0.25) is 0 Å². The van der Waals surface area contributed by atoms with E-state index in [1.165, 1.54) is 4.90 Å². The molecule has 1 fully saturated rings. The number of aliphatic hydroxyl groups is 1. The molecule has 0 unspecified atom stereocenters.